The number of fused-ring (bicyclic) bond motifs is 1. The normalized spacial score (nSPS) is 10.8. The molecule has 0 saturated heterocycles. The Morgan fingerprint density at radius 3 is 2.62 bits per heavy atom. The Bertz CT molecular complexity index is 836. The third kappa shape index (κ3) is 2.85. The molecule has 1 aromatic heterocycles. The first kappa shape index (κ1) is 13.9. The second-order valence-electron chi connectivity index (χ2n) is 5.05. The number of carbonyl (C=O) groups is 1. The van der Waals surface area contributed by atoms with E-state index in [4.69, 9.17) is 4.42 Å². The smallest absolute Gasteiger partial charge is 0.291 e. The van der Waals surface area contributed by atoms with Gasteiger partial charge in [0.05, 0.1) is 0 Å². The lowest BCUT2D eigenvalue weighted by molar-refractivity contribution is 0.0998. The zero-order valence-electron chi connectivity index (χ0n) is 11.7. The number of halogens is 1. The van der Waals surface area contributed by atoms with Gasteiger partial charge in [-0.15, -0.1) is 0 Å². The van der Waals surface area contributed by atoms with E-state index in [1.165, 1.54) is 5.56 Å². The lowest BCUT2D eigenvalue weighted by Crippen LogP contribution is -2.10. The summed E-state index contributed by atoms with van der Waals surface area (Å²) in [5.41, 5.74) is 3.79. The molecule has 21 heavy (non-hydrogen) atoms. The number of benzene rings is 2. The molecule has 1 N–H and O–H groups in total. The summed E-state index contributed by atoms with van der Waals surface area (Å²) < 4.78 is 6.52. The zero-order valence-corrected chi connectivity index (χ0v) is 13.3. The predicted octanol–water partition coefficient (Wildman–Crippen LogP) is 5.06. The number of hydrogen-bond donors (Lipinski definition) is 1. The number of nitrogens with one attached hydrogen (secondary N) is 1. The molecule has 0 spiro atoms. The largest absolute Gasteiger partial charge is 0.451 e. The van der Waals surface area contributed by atoms with Crippen LogP contribution in [0.3, 0.4) is 0 Å². The van der Waals surface area contributed by atoms with E-state index in [0.717, 1.165) is 21.1 Å². The Balaban J connectivity index is 1.87. The molecule has 0 aliphatic rings. The average Bonchev–Trinajstić information content (AvgIpc) is 2.86. The molecule has 0 bridgehead atoms. The second-order valence-corrected chi connectivity index (χ2v) is 5.96. The van der Waals surface area contributed by atoms with Crippen LogP contribution in [-0.2, 0) is 0 Å². The summed E-state index contributed by atoms with van der Waals surface area (Å²) in [6.07, 6.45) is 0. The fourth-order valence-electron chi connectivity index (χ4n) is 2.13. The molecule has 0 unspecified atom stereocenters. The summed E-state index contributed by atoms with van der Waals surface area (Å²) in [4.78, 5) is 12.2. The highest BCUT2D eigenvalue weighted by molar-refractivity contribution is 9.10. The number of furan rings is 1. The Labute approximate surface area is 131 Å². The first-order valence-corrected chi connectivity index (χ1v) is 7.40. The van der Waals surface area contributed by atoms with E-state index in [-0.39, 0.29) is 5.91 Å². The van der Waals surface area contributed by atoms with E-state index < -0.39 is 0 Å². The van der Waals surface area contributed by atoms with Gasteiger partial charge in [0.1, 0.15) is 5.58 Å². The van der Waals surface area contributed by atoms with Crippen LogP contribution >= 0.6 is 15.9 Å². The highest BCUT2D eigenvalue weighted by atomic mass is 79.9. The molecule has 0 radical (unpaired) electrons. The number of amides is 1. The number of anilines is 1. The Morgan fingerprint density at radius 1 is 1.05 bits per heavy atom. The van der Waals surface area contributed by atoms with Crippen molar-refractivity contribution in [1.29, 1.82) is 0 Å². The van der Waals surface area contributed by atoms with Gasteiger partial charge in [0.2, 0.25) is 0 Å². The molecule has 0 saturated carbocycles. The second kappa shape index (κ2) is 5.37. The standard InChI is InChI=1S/C17H14BrNO2/c1-10-3-6-14(7-11(10)2)19-17(20)16-8-12-4-5-13(18)9-15(12)21-16/h3-9H,1-2H3,(H,19,20). The molecule has 0 fully saturated rings. The van der Waals surface area contributed by atoms with Crippen molar-refractivity contribution in [2.45, 2.75) is 13.8 Å². The first-order chi connectivity index (χ1) is 10.0. The van der Waals surface area contributed by atoms with Crippen molar-refractivity contribution in [2.75, 3.05) is 5.32 Å². The van der Waals surface area contributed by atoms with E-state index in [1.807, 2.05) is 50.2 Å². The lowest BCUT2D eigenvalue weighted by Gasteiger charge is -2.06. The molecule has 0 aliphatic carbocycles. The van der Waals surface area contributed by atoms with Crippen molar-refractivity contribution in [2.24, 2.45) is 0 Å². The van der Waals surface area contributed by atoms with Crippen molar-refractivity contribution in [3.05, 3.63) is 63.8 Å². The summed E-state index contributed by atoms with van der Waals surface area (Å²) in [5.74, 6) is 0.0619. The SMILES string of the molecule is Cc1ccc(NC(=O)c2cc3ccc(Br)cc3o2)cc1C. The molecule has 1 heterocycles. The molecule has 1 amide bonds. The van der Waals surface area contributed by atoms with Crippen LogP contribution in [0.25, 0.3) is 11.0 Å². The molecule has 0 atom stereocenters. The number of carbonyl (C=O) groups excluding carboxylic acids is 1. The van der Waals surface area contributed by atoms with Crippen LogP contribution in [-0.4, -0.2) is 5.91 Å². The minimum absolute atomic E-state index is 0.245. The van der Waals surface area contributed by atoms with Gasteiger partial charge >= 0.3 is 0 Å². The fourth-order valence-corrected chi connectivity index (χ4v) is 2.47. The molecule has 2 aromatic carbocycles. The van der Waals surface area contributed by atoms with Gasteiger partial charge in [0.25, 0.3) is 5.91 Å². The van der Waals surface area contributed by atoms with Crippen LogP contribution in [0.5, 0.6) is 0 Å². The van der Waals surface area contributed by atoms with E-state index >= 15 is 0 Å². The van der Waals surface area contributed by atoms with Gasteiger partial charge in [-0.05, 0) is 61.4 Å². The third-order valence-electron chi connectivity index (χ3n) is 3.47. The third-order valence-corrected chi connectivity index (χ3v) is 3.96. The minimum Gasteiger partial charge on any atom is -0.451 e. The van der Waals surface area contributed by atoms with Gasteiger partial charge in [-0.25, -0.2) is 0 Å². The molecular formula is C17H14BrNO2. The molecule has 4 heteroatoms. The van der Waals surface area contributed by atoms with Crippen molar-refractivity contribution in [1.82, 2.24) is 0 Å². The van der Waals surface area contributed by atoms with Gasteiger partial charge in [0, 0.05) is 15.5 Å². The molecule has 3 nitrogen and oxygen atoms in total. The van der Waals surface area contributed by atoms with Crippen LogP contribution in [0.4, 0.5) is 5.69 Å². The number of rotatable bonds is 2. The first-order valence-electron chi connectivity index (χ1n) is 6.60. The highest BCUT2D eigenvalue weighted by Gasteiger charge is 2.13. The van der Waals surface area contributed by atoms with Crippen molar-refractivity contribution in [3.8, 4) is 0 Å². The summed E-state index contributed by atoms with van der Waals surface area (Å²) in [6, 6.07) is 13.3. The van der Waals surface area contributed by atoms with E-state index in [1.54, 1.807) is 6.07 Å². The maximum Gasteiger partial charge on any atom is 0.291 e. The van der Waals surface area contributed by atoms with Gasteiger partial charge in [0.15, 0.2) is 5.76 Å². The molecule has 0 aliphatic heterocycles. The predicted molar refractivity (Wildman–Crippen MR) is 87.8 cm³/mol. The highest BCUT2D eigenvalue weighted by Crippen LogP contribution is 2.24. The number of hydrogen-bond acceptors (Lipinski definition) is 2. The van der Waals surface area contributed by atoms with E-state index in [9.17, 15) is 4.79 Å². The van der Waals surface area contributed by atoms with Gasteiger partial charge < -0.3 is 9.73 Å². The molecule has 3 rings (SSSR count). The maximum absolute atomic E-state index is 12.2. The summed E-state index contributed by atoms with van der Waals surface area (Å²) in [6.45, 7) is 4.06. The van der Waals surface area contributed by atoms with Crippen LogP contribution in [0.1, 0.15) is 21.7 Å². The Kier molecular flexibility index (Phi) is 3.55. The topological polar surface area (TPSA) is 42.2 Å². The van der Waals surface area contributed by atoms with E-state index in [0.29, 0.717) is 11.3 Å². The average molecular weight is 344 g/mol. The van der Waals surface area contributed by atoms with E-state index in [2.05, 4.69) is 21.2 Å². The lowest BCUT2D eigenvalue weighted by atomic mass is 10.1. The summed E-state index contributed by atoms with van der Waals surface area (Å²) >= 11 is 3.39. The van der Waals surface area contributed by atoms with Gasteiger partial charge in [-0.3, -0.25) is 4.79 Å². The maximum atomic E-state index is 12.2. The van der Waals surface area contributed by atoms with Crippen LogP contribution in [0, 0.1) is 13.8 Å². The van der Waals surface area contributed by atoms with Crippen LogP contribution in [0.2, 0.25) is 0 Å². The Morgan fingerprint density at radius 2 is 1.86 bits per heavy atom. The quantitative estimate of drug-likeness (QED) is 0.706. The molecule has 106 valence electrons. The molecule has 3 aromatic rings. The monoisotopic (exact) mass is 343 g/mol. The Hall–Kier alpha value is -2.07. The minimum atomic E-state index is -0.245. The fraction of sp³-hybridized carbons (Fsp3) is 0.118. The summed E-state index contributed by atoms with van der Waals surface area (Å²) in [7, 11) is 0. The van der Waals surface area contributed by atoms with Gasteiger partial charge in [-0.2, -0.15) is 0 Å². The van der Waals surface area contributed by atoms with Crippen molar-refractivity contribution < 1.29 is 9.21 Å². The van der Waals surface area contributed by atoms with Gasteiger partial charge in [-0.1, -0.05) is 22.0 Å². The molecular weight excluding hydrogens is 330 g/mol. The van der Waals surface area contributed by atoms with Crippen molar-refractivity contribution in [3.63, 3.8) is 0 Å². The van der Waals surface area contributed by atoms with Crippen LogP contribution in [0.15, 0.2) is 51.4 Å². The van der Waals surface area contributed by atoms with Crippen molar-refractivity contribution >= 4 is 38.5 Å². The zero-order chi connectivity index (χ0) is 15.0. The number of aryl methyl sites for hydroxylation is 2. The summed E-state index contributed by atoms with van der Waals surface area (Å²) in [5, 5.41) is 3.76. The van der Waals surface area contributed by atoms with Crippen LogP contribution < -0.4 is 5.32 Å².